The molecule has 26 heavy (non-hydrogen) atoms. The first-order valence-electron chi connectivity index (χ1n) is 7.21. The van der Waals surface area contributed by atoms with Crippen LogP contribution in [0.25, 0.3) is 12.2 Å². The van der Waals surface area contributed by atoms with Crippen molar-refractivity contribution in [2.75, 3.05) is 0 Å². The minimum atomic E-state index is -0.923. The average molecular weight is 354 g/mol. The van der Waals surface area contributed by atoms with E-state index in [1.54, 1.807) is 24.3 Å². The summed E-state index contributed by atoms with van der Waals surface area (Å²) in [6.07, 6.45) is 2.43. The number of rotatable bonds is 2. The first-order chi connectivity index (χ1) is 12.3. The first kappa shape index (κ1) is 16.8. The average Bonchev–Trinajstić information content (AvgIpc) is 2.55. The summed E-state index contributed by atoms with van der Waals surface area (Å²) in [7, 11) is 0. The predicted octanol–water partition coefficient (Wildman–Crippen LogP) is -0.815. The number of imide groups is 4. The van der Waals surface area contributed by atoms with Crippen LogP contribution < -0.4 is 21.3 Å². The molecule has 3 rings (SSSR count). The van der Waals surface area contributed by atoms with Crippen molar-refractivity contribution in [3.8, 4) is 0 Å². The standard InChI is InChI=1S/C16H10N4O6/c21-11-9(12(22)18-15(25)17-11)5-7-3-1-2-4-8(7)6-10-13(23)19-16(26)20-14(10)24/h1-6H,(H2,17,18,21,22,25)(H2,19,20,23,24,26). The van der Waals surface area contributed by atoms with Gasteiger partial charge in [-0.15, -0.1) is 0 Å². The molecule has 1 aromatic rings. The van der Waals surface area contributed by atoms with Gasteiger partial charge in [0.15, 0.2) is 0 Å². The third kappa shape index (κ3) is 3.24. The Kier molecular flexibility index (Phi) is 4.15. The quantitative estimate of drug-likeness (QED) is 0.403. The second-order valence-corrected chi connectivity index (χ2v) is 5.22. The normalized spacial score (nSPS) is 17.2. The van der Waals surface area contributed by atoms with Gasteiger partial charge in [0.05, 0.1) is 0 Å². The summed E-state index contributed by atoms with van der Waals surface area (Å²) in [5.41, 5.74) is 0.0469. The number of carbonyl (C=O) groups excluding carboxylic acids is 6. The van der Waals surface area contributed by atoms with Gasteiger partial charge in [0.2, 0.25) is 0 Å². The number of hydrogen-bond donors (Lipinski definition) is 4. The van der Waals surface area contributed by atoms with Gasteiger partial charge in [-0.3, -0.25) is 40.4 Å². The Morgan fingerprint density at radius 1 is 0.538 bits per heavy atom. The van der Waals surface area contributed by atoms with Crippen LogP contribution >= 0.6 is 0 Å². The van der Waals surface area contributed by atoms with Crippen LogP contribution in [0.2, 0.25) is 0 Å². The summed E-state index contributed by atoms with van der Waals surface area (Å²) in [5, 5.41) is 7.76. The van der Waals surface area contributed by atoms with Crippen LogP contribution in [-0.4, -0.2) is 35.7 Å². The second kappa shape index (κ2) is 6.43. The molecule has 0 unspecified atom stereocenters. The predicted molar refractivity (Wildman–Crippen MR) is 85.8 cm³/mol. The van der Waals surface area contributed by atoms with E-state index in [0.29, 0.717) is 11.1 Å². The van der Waals surface area contributed by atoms with Crippen LogP contribution in [-0.2, 0) is 19.2 Å². The summed E-state index contributed by atoms with van der Waals surface area (Å²) in [6, 6.07) is 4.46. The van der Waals surface area contributed by atoms with Gasteiger partial charge in [-0.05, 0) is 23.3 Å². The minimum absolute atomic E-state index is 0.317. The second-order valence-electron chi connectivity index (χ2n) is 5.22. The van der Waals surface area contributed by atoms with E-state index in [9.17, 15) is 28.8 Å². The summed E-state index contributed by atoms with van der Waals surface area (Å²) in [5.74, 6) is -3.50. The Morgan fingerprint density at radius 2 is 0.846 bits per heavy atom. The molecule has 2 saturated heterocycles. The fourth-order valence-electron chi connectivity index (χ4n) is 2.30. The summed E-state index contributed by atoms with van der Waals surface area (Å²) in [6.45, 7) is 0. The van der Waals surface area contributed by atoms with Crippen molar-refractivity contribution in [2.24, 2.45) is 0 Å². The van der Waals surface area contributed by atoms with Crippen molar-refractivity contribution >= 4 is 47.8 Å². The maximum Gasteiger partial charge on any atom is 0.328 e. The van der Waals surface area contributed by atoms with E-state index in [2.05, 4.69) is 0 Å². The molecule has 2 aliphatic rings. The fourth-order valence-corrected chi connectivity index (χ4v) is 2.30. The molecule has 0 atom stereocenters. The maximum atomic E-state index is 11.8. The molecule has 4 N–H and O–H groups in total. The Bertz CT molecular complexity index is 838. The van der Waals surface area contributed by atoms with Gasteiger partial charge in [-0.25, -0.2) is 9.59 Å². The van der Waals surface area contributed by atoms with Crippen molar-refractivity contribution in [3.05, 3.63) is 46.5 Å². The third-order valence-corrected chi connectivity index (χ3v) is 3.48. The number of urea groups is 2. The number of hydrogen-bond acceptors (Lipinski definition) is 6. The van der Waals surface area contributed by atoms with E-state index in [4.69, 9.17) is 0 Å². The Morgan fingerprint density at radius 3 is 1.15 bits per heavy atom. The molecule has 0 radical (unpaired) electrons. The van der Waals surface area contributed by atoms with E-state index < -0.39 is 35.7 Å². The maximum absolute atomic E-state index is 11.8. The number of nitrogens with one attached hydrogen (secondary N) is 4. The number of benzene rings is 1. The van der Waals surface area contributed by atoms with Crippen LogP contribution in [0.1, 0.15) is 11.1 Å². The lowest BCUT2D eigenvalue weighted by Gasteiger charge is -2.15. The highest BCUT2D eigenvalue weighted by atomic mass is 16.2. The number of barbiturate groups is 2. The van der Waals surface area contributed by atoms with Gasteiger partial charge in [-0.2, -0.15) is 0 Å². The minimum Gasteiger partial charge on any atom is -0.273 e. The molecule has 0 aliphatic carbocycles. The van der Waals surface area contributed by atoms with Crippen molar-refractivity contribution in [3.63, 3.8) is 0 Å². The van der Waals surface area contributed by atoms with Crippen LogP contribution in [0.5, 0.6) is 0 Å². The summed E-state index contributed by atoms with van der Waals surface area (Å²) in [4.78, 5) is 69.5. The van der Waals surface area contributed by atoms with Gasteiger partial charge in [0.25, 0.3) is 23.6 Å². The van der Waals surface area contributed by atoms with Crippen LogP contribution in [0.3, 0.4) is 0 Å². The highest BCUT2D eigenvalue weighted by Gasteiger charge is 2.29. The van der Waals surface area contributed by atoms with Gasteiger partial charge in [0.1, 0.15) is 11.1 Å². The number of amides is 8. The molecule has 130 valence electrons. The summed E-state index contributed by atoms with van der Waals surface area (Å²) < 4.78 is 0. The first-order valence-corrected chi connectivity index (χ1v) is 7.21. The fraction of sp³-hybridized carbons (Fsp3) is 0. The number of carbonyl (C=O) groups is 6. The van der Waals surface area contributed by atoms with Gasteiger partial charge >= 0.3 is 12.1 Å². The van der Waals surface area contributed by atoms with E-state index in [-0.39, 0.29) is 11.1 Å². The van der Waals surface area contributed by atoms with Crippen molar-refractivity contribution in [2.45, 2.75) is 0 Å². The molecule has 10 nitrogen and oxygen atoms in total. The molecule has 1 aromatic carbocycles. The summed E-state index contributed by atoms with van der Waals surface area (Å²) >= 11 is 0. The molecule has 0 saturated carbocycles. The zero-order valence-corrected chi connectivity index (χ0v) is 12.9. The Labute approximate surface area is 145 Å². The van der Waals surface area contributed by atoms with E-state index in [0.717, 1.165) is 0 Å². The molecule has 2 fully saturated rings. The molecule has 10 heteroatoms. The van der Waals surface area contributed by atoms with Crippen molar-refractivity contribution in [1.82, 2.24) is 21.3 Å². The van der Waals surface area contributed by atoms with Gasteiger partial charge in [0, 0.05) is 0 Å². The van der Waals surface area contributed by atoms with Crippen molar-refractivity contribution in [1.29, 1.82) is 0 Å². The van der Waals surface area contributed by atoms with E-state index in [1.807, 2.05) is 21.3 Å². The molecule has 0 bridgehead atoms. The topological polar surface area (TPSA) is 151 Å². The Balaban J connectivity index is 2.02. The van der Waals surface area contributed by atoms with Gasteiger partial charge in [-0.1, -0.05) is 24.3 Å². The monoisotopic (exact) mass is 354 g/mol. The molecular formula is C16H10N4O6. The smallest absolute Gasteiger partial charge is 0.273 e. The highest BCUT2D eigenvalue weighted by Crippen LogP contribution is 2.18. The Hall–Kier alpha value is -4.08. The zero-order valence-electron chi connectivity index (χ0n) is 12.9. The largest absolute Gasteiger partial charge is 0.328 e. The lowest BCUT2D eigenvalue weighted by molar-refractivity contribution is -0.125. The van der Waals surface area contributed by atoms with Crippen LogP contribution in [0.15, 0.2) is 35.4 Å². The molecule has 8 amide bonds. The SMILES string of the molecule is O=C1NC(=O)C(=Cc2ccccc2C=C2C(=O)NC(=O)NC2=O)C(=O)N1. The lowest BCUT2D eigenvalue weighted by atomic mass is 10.00. The molecule has 0 aromatic heterocycles. The third-order valence-electron chi connectivity index (χ3n) is 3.48. The molecule has 0 spiro atoms. The van der Waals surface area contributed by atoms with Crippen LogP contribution in [0.4, 0.5) is 9.59 Å². The highest BCUT2D eigenvalue weighted by molar-refractivity contribution is 6.32. The van der Waals surface area contributed by atoms with E-state index in [1.165, 1.54) is 12.2 Å². The van der Waals surface area contributed by atoms with Gasteiger partial charge < -0.3 is 0 Å². The van der Waals surface area contributed by atoms with Crippen molar-refractivity contribution < 1.29 is 28.8 Å². The molecule has 2 heterocycles. The zero-order chi connectivity index (χ0) is 18.8. The van der Waals surface area contributed by atoms with Crippen LogP contribution in [0, 0.1) is 0 Å². The lowest BCUT2D eigenvalue weighted by Crippen LogP contribution is -2.51. The molecule has 2 aliphatic heterocycles. The molecular weight excluding hydrogens is 344 g/mol. The van der Waals surface area contributed by atoms with E-state index >= 15 is 0 Å².